The number of likely N-dealkylation sites (N-methyl/N-ethyl adjacent to an activating group) is 1. The maximum absolute atomic E-state index is 13.3. The number of carbonyl (C=O) groups excluding carboxylic acids is 6. The van der Waals surface area contributed by atoms with Crippen LogP contribution in [0, 0.1) is 4.91 Å². The van der Waals surface area contributed by atoms with Crippen molar-refractivity contribution < 1.29 is 43.3 Å². The van der Waals surface area contributed by atoms with Gasteiger partial charge in [-0.05, 0) is 55.2 Å². The van der Waals surface area contributed by atoms with Crippen molar-refractivity contribution in [2.24, 2.45) is 16.6 Å². The molecule has 0 heterocycles. The van der Waals surface area contributed by atoms with Gasteiger partial charge in [-0.2, -0.15) is 0 Å². The molecule has 1 unspecified atom stereocenters. The van der Waals surface area contributed by atoms with Crippen molar-refractivity contribution in [2.45, 2.75) is 45.0 Å². The lowest BCUT2D eigenvalue weighted by Crippen LogP contribution is -2.45. The number of aromatic hydroxyl groups is 1. The highest BCUT2D eigenvalue weighted by atomic mass is 32.1. The number of esters is 1. The van der Waals surface area contributed by atoms with Crippen LogP contribution in [-0.4, -0.2) is 173 Å². The Morgan fingerprint density at radius 2 is 1.58 bits per heavy atom. The van der Waals surface area contributed by atoms with Crippen LogP contribution >= 0.6 is 12.2 Å². The molecule has 0 aliphatic rings. The Balaban J connectivity index is 1.89. The molecule has 0 fully saturated rings. The van der Waals surface area contributed by atoms with Crippen LogP contribution in [0.3, 0.4) is 0 Å². The van der Waals surface area contributed by atoms with Crippen LogP contribution in [0.15, 0.2) is 41.6 Å². The van der Waals surface area contributed by atoms with E-state index in [9.17, 15) is 38.8 Å². The minimum Gasteiger partial charge on any atom is -0.506 e. The zero-order valence-electron chi connectivity index (χ0n) is 35.8. The third kappa shape index (κ3) is 19.7. The highest BCUT2D eigenvalue weighted by Gasteiger charge is 2.22. The van der Waals surface area contributed by atoms with E-state index < -0.39 is 29.2 Å². The highest BCUT2D eigenvalue weighted by Crippen LogP contribution is 2.25. The fraction of sp³-hybridized carbons (Fsp3) is 0.537. The number of amides is 4. The topological polar surface area (TPSA) is 268 Å². The molecular formula is C41H62BN9O10S. The van der Waals surface area contributed by atoms with Crippen molar-refractivity contribution in [3.05, 3.63) is 63.6 Å². The summed E-state index contributed by atoms with van der Waals surface area (Å²) in [5.41, 5.74) is 11.4. The summed E-state index contributed by atoms with van der Waals surface area (Å²) < 4.78 is 10.5. The summed E-state index contributed by atoms with van der Waals surface area (Å²) >= 11 is 4.80. The van der Waals surface area contributed by atoms with Gasteiger partial charge in [-0.25, -0.2) is 4.79 Å². The molecule has 0 radical (unpaired) electrons. The molecular weight excluding hydrogens is 821 g/mol. The minimum atomic E-state index is -0.943. The number of nitrogens with two attached hydrogens (primary N) is 2. The number of thiocarbonyl (C=S) groups is 1. The van der Waals surface area contributed by atoms with Crippen LogP contribution in [0.25, 0.3) is 0 Å². The summed E-state index contributed by atoms with van der Waals surface area (Å²) in [4.78, 5) is 92.0. The molecule has 0 bridgehead atoms. The summed E-state index contributed by atoms with van der Waals surface area (Å²) in [6.45, 7) is 6.90. The van der Waals surface area contributed by atoms with E-state index in [0.717, 1.165) is 46.1 Å². The van der Waals surface area contributed by atoms with Crippen LogP contribution in [-0.2, 0) is 19.1 Å². The monoisotopic (exact) mass is 883 g/mol. The molecule has 0 aliphatic carbocycles. The first-order valence-corrected chi connectivity index (χ1v) is 21.3. The Morgan fingerprint density at radius 1 is 0.887 bits per heavy atom. The fourth-order valence-electron chi connectivity index (χ4n) is 6.26. The van der Waals surface area contributed by atoms with E-state index in [1.165, 1.54) is 36.4 Å². The number of unbranched alkanes of at least 4 members (excludes halogenated alkanes) is 1. The summed E-state index contributed by atoms with van der Waals surface area (Å²) in [6.07, 6.45) is 4.27. The van der Waals surface area contributed by atoms with E-state index in [1.54, 1.807) is 17.2 Å². The highest BCUT2D eigenvalue weighted by molar-refractivity contribution is 7.81. The number of aldehydes is 1. The van der Waals surface area contributed by atoms with Gasteiger partial charge in [0.25, 0.3) is 11.8 Å². The lowest BCUT2D eigenvalue weighted by Gasteiger charge is -2.29. The van der Waals surface area contributed by atoms with Gasteiger partial charge >= 0.3 is 5.97 Å². The lowest BCUT2D eigenvalue weighted by atomic mass is 9.78. The molecule has 8 N–H and O–H groups in total. The average molecular weight is 884 g/mol. The van der Waals surface area contributed by atoms with Gasteiger partial charge in [-0.3, -0.25) is 28.9 Å². The molecule has 0 aromatic heterocycles. The van der Waals surface area contributed by atoms with Crippen LogP contribution in [0.5, 0.6) is 5.75 Å². The normalized spacial score (nSPS) is 11.4. The minimum absolute atomic E-state index is 0.0575. The molecule has 4 amide bonds. The van der Waals surface area contributed by atoms with Crippen molar-refractivity contribution in [3.8, 4) is 5.75 Å². The van der Waals surface area contributed by atoms with Crippen molar-refractivity contribution in [2.75, 3.05) is 98.9 Å². The maximum Gasteiger partial charge on any atom is 0.340 e. The van der Waals surface area contributed by atoms with Gasteiger partial charge in [-0.1, -0.05) is 37.1 Å². The number of phenolic OH excluding ortho intramolecular Hbond substituents is 1. The second kappa shape index (κ2) is 30.8. The molecule has 2 rings (SSSR count). The fourth-order valence-corrected chi connectivity index (χ4v) is 6.42. The number of nitrogens with one attached hydrogen (secondary N) is 3. The largest absolute Gasteiger partial charge is 0.506 e. The molecule has 340 valence electrons. The Hall–Kier alpha value is -5.19. The van der Waals surface area contributed by atoms with Gasteiger partial charge in [0.15, 0.2) is 13.6 Å². The second-order valence-corrected chi connectivity index (χ2v) is 14.8. The average Bonchev–Trinajstić information content (AvgIpc) is 3.26. The molecule has 62 heavy (non-hydrogen) atoms. The number of ether oxygens (including phenoxy) is 2. The predicted molar refractivity (Wildman–Crippen MR) is 241 cm³/mol. The van der Waals surface area contributed by atoms with Crippen molar-refractivity contribution in [1.29, 1.82) is 0 Å². The van der Waals surface area contributed by atoms with Crippen molar-refractivity contribution in [1.82, 2.24) is 30.7 Å². The predicted octanol–water partition coefficient (Wildman–Crippen LogP) is 0.793. The van der Waals surface area contributed by atoms with E-state index in [1.807, 2.05) is 0 Å². The number of rotatable bonds is 33. The van der Waals surface area contributed by atoms with Gasteiger partial charge in [0, 0.05) is 72.0 Å². The third-order valence-electron chi connectivity index (χ3n) is 9.60. The first kappa shape index (κ1) is 53.0. The SMILES string of the molecule is CCCN(CCN)CCN(CCNC(=O)c1cccc(C(=O)OCCNC(=O)c2cccc(C=O)c2O)c1N=O)CC(N)CCCCNC(=O)COCC(=O)N(C)CCBC=S. The molecule has 1 atom stereocenters. The third-order valence-corrected chi connectivity index (χ3v) is 9.83. The molecule has 2 aromatic carbocycles. The number of phenols is 1. The standard InChI is InChI=1S/C41H62BN9O10S/c1-3-18-50(20-14-43)22-23-51(25-31(44)9-4-5-15-45-35(53)27-60-28-36(54)49(2)19-13-42-29-62)21-16-46-39(56)32-10-7-11-33(37(32)48-59)41(58)61-24-17-47-40(57)34-12-6-8-30(26-52)38(34)55/h6-8,10-12,26,29,31,42,55H,3-5,9,13-25,27-28,43-44H2,1-2H3,(H,45,53)(H,46,56)(H,47,57). The Bertz CT molecular complexity index is 1770. The maximum atomic E-state index is 13.3. The van der Waals surface area contributed by atoms with E-state index in [4.69, 9.17) is 33.2 Å². The lowest BCUT2D eigenvalue weighted by molar-refractivity contribution is -0.137. The molecule has 2 aromatic rings. The van der Waals surface area contributed by atoms with E-state index in [2.05, 4.69) is 37.9 Å². The Kier molecular flexibility index (Phi) is 26.3. The molecule has 0 aliphatic heterocycles. The van der Waals surface area contributed by atoms with E-state index in [-0.39, 0.29) is 73.0 Å². The van der Waals surface area contributed by atoms with E-state index >= 15 is 0 Å². The molecule has 0 saturated heterocycles. The number of para-hydroxylation sites is 1. The Labute approximate surface area is 369 Å². The van der Waals surface area contributed by atoms with Gasteiger partial charge in [0.2, 0.25) is 11.8 Å². The van der Waals surface area contributed by atoms with Crippen LogP contribution in [0.1, 0.15) is 74.0 Å². The molecule has 19 nitrogen and oxygen atoms in total. The summed E-state index contributed by atoms with van der Waals surface area (Å²) in [6, 6.07) is 7.99. The second-order valence-electron chi connectivity index (χ2n) is 14.5. The zero-order valence-corrected chi connectivity index (χ0v) is 36.6. The van der Waals surface area contributed by atoms with Crippen molar-refractivity contribution >= 4 is 66.3 Å². The van der Waals surface area contributed by atoms with Crippen LogP contribution in [0.4, 0.5) is 5.69 Å². The van der Waals surface area contributed by atoms with Crippen LogP contribution in [0.2, 0.25) is 6.32 Å². The summed E-state index contributed by atoms with van der Waals surface area (Å²) in [5.74, 6) is -3.26. The number of hydrogen-bond acceptors (Lipinski definition) is 16. The summed E-state index contributed by atoms with van der Waals surface area (Å²) in [5, 5.41) is 22.8. The smallest absolute Gasteiger partial charge is 0.340 e. The van der Waals surface area contributed by atoms with Gasteiger partial charge in [0.05, 0.1) is 28.8 Å². The van der Waals surface area contributed by atoms with Gasteiger partial charge < -0.3 is 51.8 Å². The first-order valence-electron chi connectivity index (χ1n) is 20.8. The molecule has 21 heteroatoms. The van der Waals surface area contributed by atoms with Crippen molar-refractivity contribution in [3.63, 3.8) is 0 Å². The number of nitroso groups, excluding NO2 is 1. The zero-order chi connectivity index (χ0) is 45.7. The number of nitrogens with zero attached hydrogens (tertiary/aromatic N) is 4. The number of carbonyl (C=O) groups is 6. The Morgan fingerprint density at radius 3 is 2.29 bits per heavy atom. The number of hydrogen-bond donors (Lipinski definition) is 6. The quantitative estimate of drug-likeness (QED) is 0.0145. The van der Waals surface area contributed by atoms with Crippen LogP contribution < -0.4 is 27.4 Å². The molecule has 0 saturated carbocycles. The van der Waals surface area contributed by atoms with Gasteiger partial charge in [0.1, 0.15) is 31.3 Å². The van der Waals surface area contributed by atoms with Gasteiger partial charge in [-0.15, -0.1) is 17.1 Å². The molecule has 0 spiro atoms. The first-order chi connectivity index (χ1) is 29.9. The summed E-state index contributed by atoms with van der Waals surface area (Å²) in [7, 11) is 2.42. The number of benzene rings is 2. The van der Waals surface area contributed by atoms with E-state index in [0.29, 0.717) is 58.4 Å².